The van der Waals surface area contributed by atoms with Crippen molar-refractivity contribution >= 4 is 51.4 Å². The van der Waals surface area contributed by atoms with Crippen LogP contribution in [0, 0.1) is 0 Å². The Kier molecular flexibility index (Phi) is 4.76. The fourth-order valence-corrected chi connectivity index (χ4v) is 3.59. The summed E-state index contributed by atoms with van der Waals surface area (Å²) in [5.41, 5.74) is 2.80. The molecule has 3 aromatic rings. The molecule has 4 rings (SSSR count). The second kappa shape index (κ2) is 7.19. The van der Waals surface area contributed by atoms with Gasteiger partial charge in [-0.15, -0.1) is 0 Å². The summed E-state index contributed by atoms with van der Waals surface area (Å²) < 4.78 is 5.41. The van der Waals surface area contributed by atoms with Gasteiger partial charge >= 0.3 is 0 Å². The van der Waals surface area contributed by atoms with Gasteiger partial charge in [-0.1, -0.05) is 35.3 Å². The van der Waals surface area contributed by atoms with Gasteiger partial charge in [-0.3, -0.25) is 4.79 Å². The van der Waals surface area contributed by atoms with Crippen LogP contribution in [-0.4, -0.2) is 37.2 Å². The number of ether oxygens (including phenoxy) is 1. The van der Waals surface area contributed by atoms with Crippen molar-refractivity contribution in [3.8, 4) is 0 Å². The van der Waals surface area contributed by atoms with Crippen LogP contribution >= 0.6 is 23.2 Å². The number of morpholine rings is 1. The molecular formula is C19H17Cl2N3O2. The zero-order valence-corrected chi connectivity index (χ0v) is 15.4. The smallest absolute Gasteiger partial charge is 0.273 e. The summed E-state index contributed by atoms with van der Waals surface area (Å²) in [6.45, 7) is 2.94. The lowest BCUT2D eigenvalue weighted by Crippen LogP contribution is -2.36. The predicted molar refractivity (Wildman–Crippen MR) is 106 cm³/mol. The van der Waals surface area contributed by atoms with Crippen LogP contribution < -0.4 is 10.2 Å². The molecular weight excluding hydrogens is 373 g/mol. The number of benzene rings is 2. The van der Waals surface area contributed by atoms with Crippen LogP contribution in [0.15, 0.2) is 42.5 Å². The number of nitrogens with one attached hydrogen (secondary N) is 2. The minimum Gasteiger partial charge on any atom is -0.378 e. The Labute approximate surface area is 160 Å². The number of H-pyrrole nitrogens is 1. The molecule has 26 heavy (non-hydrogen) atoms. The number of anilines is 2. The molecule has 0 unspecified atom stereocenters. The van der Waals surface area contributed by atoms with E-state index in [0.717, 1.165) is 35.4 Å². The zero-order chi connectivity index (χ0) is 18.1. The minimum absolute atomic E-state index is 0.289. The van der Waals surface area contributed by atoms with E-state index >= 15 is 0 Å². The summed E-state index contributed by atoms with van der Waals surface area (Å²) in [4.78, 5) is 18.1. The number of aromatic amines is 1. The van der Waals surface area contributed by atoms with E-state index < -0.39 is 0 Å². The largest absolute Gasteiger partial charge is 0.378 e. The van der Waals surface area contributed by atoms with E-state index in [1.807, 2.05) is 30.3 Å². The van der Waals surface area contributed by atoms with Gasteiger partial charge in [-0.25, -0.2) is 0 Å². The standard InChI is InChI=1S/C19H17Cl2N3O2/c20-12-5-6-14-13(11-12)17(21)18(22-14)19(25)23-15-3-1-2-4-16(15)24-7-9-26-10-8-24/h1-6,11,22H,7-10H2,(H,23,25). The van der Waals surface area contributed by atoms with E-state index in [2.05, 4.69) is 15.2 Å². The number of carbonyl (C=O) groups is 1. The fraction of sp³-hybridized carbons (Fsp3) is 0.211. The Morgan fingerprint density at radius 1 is 1.12 bits per heavy atom. The van der Waals surface area contributed by atoms with E-state index in [9.17, 15) is 4.79 Å². The number of fused-ring (bicyclic) bond motifs is 1. The lowest BCUT2D eigenvalue weighted by molar-refractivity contribution is 0.102. The number of rotatable bonds is 3. The topological polar surface area (TPSA) is 57.4 Å². The van der Waals surface area contributed by atoms with E-state index in [1.165, 1.54) is 0 Å². The molecule has 0 atom stereocenters. The van der Waals surface area contributed by atoms with Gasteiger partial charge in [0.05, 0.1) is 29.6 Å². The van der Waals surface area contributed by atoms with Crippen LogP contribution in [0.5, 0.6) is 0 Å². The molecule has 5 nitrogen and oxygen atoms in total. The second-order valence-corrected chi connectivity index (χ2v) is 6.89. The number of hydrogen-bond acceptors (Lipinski definition) is 3. The van der Waals surface area contributed by atoms with Crippen molar-refractivity contribution in [2.75, 3.05) is 36.5 Å². The summed E-state index contributed by atoms with van der Waals surface area (Å²) in [5.74, 6) is -0.289. The molecule has 0 spiro atoms. The summed E-state index contributed by atoms with van der Waals surface area (Å²) in [5, 5.41) is 4.63. The number of amides is 1. The Morgan fingerprint density at radius 2 is 1.88 bits per heavy atom. The molecule has 2 N–H and O–H groups in total. The maximum Gasteiger partial charge on any atom is 0.273 e. The first-order chi connectivity index (χ1) is 12.6. The van der Waals surface area contributed by atoms with Crippen molar-refractivity contribution in [3.05, 3.63) is 58.2 Å². The fourth-order valence-electron chi connectivity index (χ4n) is 3.13. The van der Waals surface area contributed by atoms with Crippen LogP contribution in [0.4, 0.5) is 11.4 Å². The molecule has 0 bridgehead atoms. The highest BCUT2D eigenvalue weighted by Gasteiger charge is 2.20. The van der Waals surface area contributed by atoms with Gasteiger partial charge in [0.1, 0.15) is 5.69 Å². The lowest BCUT2D eigenvalue weighted by Gasteiger charge is -2.30. The summed E-state index contributed by atoms with van der Waals surface area (Å²) >= 11 is 12.4. The van der Waals surface area contributed by atoms with Crippen LogP contribution in [0.3, 0.4) is 0 Å². The Balaban J connectivity index is 1.64. The molecule has 0 saturated carbocycles. The minimum atomic E-state index is -0.289. The Hall–Kier alpha value is -2.21. The SMILES string of the molecule is O=C(Nc1ccccc1N1CCOCC1)c1[nH]c2ccc(Cl)cc2c1Cl. The van der Waals surface area contributed by atoms with Crippen molar-refractivity contribution in [2.24, 2.45) is 0 Å². The third kappa shape index (κ3) is 3.26. The Morgan fingerprint density at radius 3 is 2.69 bits per heavy atom. The van der Waals surface area contributed by atoms with Crippen molar-refractivity contribution in [1.82, 2.24) is 4.98 Å². The monoisotopic (exact) mass is 389 g/mol. The number of hydrogen-bond donors (Lipinski definition) is 2. The molecule has 1 fully saturated rings. The highest BCUT2D eigenvalue weighted by Crippen LogP contribution is 2.31. The summed E-state index contributed by atoms with van der Waals surface area (Å²) in [6, 6.07) is 13.0. The molecule has 1 saturated heterocycles. The number of carbonyl (C=O) groups excluding carboxylic acids is 1. The highest BCUT2D eigenvalue weighted by molar-refractivity contribution is 6.40. The maximum absolute atomic E-state index is 12.8. The van der Waals surface area contributed by atoms with Gasteiger partial charge in [0.15, 0.2) is 0 Å². The van der Waals surface area contributed by atoms with Crippen molar-refractivity contribution in [2.45, 2.75) is 0 Å². The number of para-hydroxylation sites is 2. The first-order valence-electron chi connectivity index (χ1n) is 8.33. The third-order valence-electron chi connectivity index (χ3n) is 4.43. The quantitative estimate of drug-likeness (QED) is 0.689. The van der Waals surface area contributed by atoms with Gasteiger partial charge in [-0.2, -0.15) is 0 Å². The van der Waals surface area contributed by atoms with Gasteiger partial charge in [0.2, 0.25) is 0 Å². The Bertz CT molecular complexity index is 965. The van der Waals surface area contributed by atoms with Crippen molar-refractivity contribution in [1.29, 1.82) is 0 Å². The molecule has 0 radical (unpaired) electrons. The molecule has 1 aliphatic heterocycles. The van der Waals surface area contributed by atoms with Crippen molar-refractivity contribution in [3.63, 3.8) is 0 Å². The molecule has 2 aromatic carbocycles. The number of halogens is 2. The summed E-state index contributed by atoms with van der Waals surface area (Å²) in [6.07, 6.45) is 0. The first kappa shape index (κ1) is 17.2. The normalized spacial score (nSPS) is 14.6. The second-order valence-electron chi connectivity index (χ2n) is 6.07. The van der Waals surface area contributed by atoms with E-state index in [-0.39, 0.29) is 5.91 Å². The van der Waals surface area contributed by atoms with Gasteiger partial charge < -0.3 is 19.9 Å². The van der Waals surface area contributed by atoms with Gasteiger partial charge in [0, 0.05) is 29.0 Å². The van der Waals surface area contributed by atoms with Gasteiger partial charge in [-0.05, 0) is 30.3 Å². The van der Waals surface area contributed by atoms with Crippen LogP contribution in [-0.2, 0) is 4.74 Å². The van der Waals surface area contributed by atoms with Crippen LogP contribution in [0.1, 0.15) is 10.5 Å². The molecule has 1 aliphatic rings. The number of aromatic nitrogens is 1. The van der Waals surface area contributed by atoms with Gasteiger partial charge in [0.25, 0.3) is 5.91 Å². The molecule has 1 amide bonds. The zero-order valence-electron chi connectivity index (χ0n) is 13.9. The lowest BCUT2D eigenvalue weighted by atomic mass is 10.2. The third-order valence-corrected chi connectivity index (χ3v) is 5.06. The maximum atomic E-state index is 12.8. The molecule has 134 valence electrons. The van der Waals surface area contributed by atoms with E-state index in [1.54, 1.807) is 12.1 Å². The molecule has 2 heterocycles. The molecule has 1 aromatic heterocycles. The van der Waals surface area contributed by atoms with E-state index in [0.29, 0.717) is 29.0 Å². The van der Waals surface area contributed by atoms with Crippen LogP contribution in [0.25, 0.3) is 10.9 Å². The number of nitrogens with zero attached hydrogens (tertiary/aromatic N) is 1. The average molecular weight is 390 g/mol. The van der Waals surface area contributed by atoms with E-state index in [4.69, 9.17) is 27.9 Å². The highest BCUT2D eigenvalue weighted by atomic mass is 35.5. The first-order valence-corrected chi connectivity index (χ1v) is 9.09. The molecule has 0 aliphatic carbocycles. The van der Waals surface area contributed by atoms with Crippen LogP contribution in [0.2, 0.25) is 10.0 Å². The summed E-state index contributed by atoms with van der Waals surface area (Å²) in [7, 11) is 0. The van der Waals surface area contributed by atoms with Crippen molar-refractivity contribution < 1.29 is 9.53 Å². The average Bonchev–Trinajstić information content (AvgIpc) is 2.99. The molecule has 7 heteroatoms. The predicted octanol–water partition coefficient (Wildman–Crippen LogP) is 4.56.